The summed E-state index contributed by atoms with van der Waals surface area (Å²) in [7, 11) is 0. The zero-order valence-electron chi connectivity index (χ0n) is 8.42. The van der Waals surface area contributed by atoms with Crippen LogP contribution in [0.15, 0.2) is 6.08 Å². The maximum Gasteiger partial charge on any atom is 0.302 e. The van der Waals surface area contributed by atoms with E-state index in [1.807, 2.05) is 6.92 Å². The van der Waals surface area contributed by atoms with Crippen molar-refractivity contribution in [2.24, 2.45) is 5.92 Å². The Hall–Kier alpha value is -0.810. The van der Waals surface area contributed by atoms with E-state index >= 15 is 0 Å². The van der Waals surface area contributed by atoms with E-state index in [4.69, 9.17) is 4.55 Å². The molecule has 3 unspecified atom stereocenters. The molecule has 86 valence electrons. The van der Waals surface area contributed by atoms with Crippen LogP contribution in [0.5, 0.6) is 0 Å². The van der Waals surface area contributed by atoms with Crippen LogP contribution >= 0.6 is 0 Å². The minimum atomic E-state index is -2.40. The summed E-state index contributed by atoms with van der Waals surface area (Å²) in [5, 5.41) is 0. The molecule has 6 heteroatoms. The van der Waals surface area contributed by atoms with Crippen molar-refractivity contribution in [1.82, 2.24) is 0 Å². The van der Waals surface area contributed by atoms with Crippen molar-refractivity contribution in [3.05, 3.63) is 6.08 Å². The van der Waals surface area contributed by atoms with Crippen molar-refractivity contribution in [1.29, 1.82) is 0 Å². The highest BCUT2D eigenvalue weighted by Gasteiger charge is 2.14. The van der Waals surface area contributed by atoms with Gasteiger partial charge < -0.3 is 4.79 Å². The second-order valence-electron chi connectivity index (χ2n) is 3.22. The summed E-state index contributed by atoms with van der Waals surface area (Å²) in [6, 6.07) is 0. The summed E-state index contributed by atoms with van der Waals surface area (Å²) in [4.78, 5) is 20.2. The van der Waals surface area contributed by atoms with Crippen LogP contribution in [0.25, 0.3) is 0 Å². The average Bonchev–Trinajstić information content (AvgIpc) is 2.14. The molecule has 0 saturated heterocycles. The Labute approximate surface area is 91.0 Å². The molecular formula is C9H14O5S. The molecule has 0 radical (unpaired) electrons. The molecule has 0 aromatic heterocycles. The average molecular weight is 234 g/mol. The number of hydrogen-bond acceptors (Lipinski definition) is 4. The molecule has 1 N–H and O–H groups in total. The molecule has 0 amide bonds. The highest BCUT2D eigenvalue weighted by Crippen LogP contribution is 2.15. The van der Waals surface area contributed by atoms with Gasteiger partial charge in [0.05, 0.1) is 0 Å². The van der Waals surface area contributed by atoms with Gasteiger partial charge in [-0.25, -0.2) is 4.79 Å². The highest BCUT2D eigenvalue weighted by molar-refractivity contribution is 7.74. The number of hydrogen-bond donors (Lipinski definition) is 1. The molecule has 0 fully saturated rings. The maximum absolute atomic E-state index is 10.4. The quantitative estimate of drug-likeness (QED) is 0.383. The first-order valence-corrected chi connectivity index (χ1v) is 5.56. The molecule has 0 bridgehead atoms. The lowest BCUT2D eigenvalue weighted by Crippen LogP contribution is -2.15. The summed E-state index contributed by atoms with van der Waals surface area (Å²) in [5.41, 5.74) is 0. The van der Waals surface area contributed by atoms with E-state index in [1.165, 1.54) is 5.94 Å². The minimum Gasteiger partial charge on any atom is -0.303 e. The van der Waals surface area contributed by atoms with E-state index in [-0.39, 0.29) is 5.92 Å². The van der Waals surface area contributed by atoms with Gasteiger partial charge in [-0.1, -0.05) is 6.92 Å². The van der Waals surface area contributed by atoms with Crippen molar-refractivity contribution in [2.75, 3.05) is 0 Å². The van der Waals surface area contributed by atoms with Crippen LogP contribution in [-0.4, -0.2) is 27.1 Å². The van der Waals surface area contributed by atoms with Gasteiger partial charge >= 0.3 is 11.4 Å². The van der Waals surface area contributed by atoms with Crippen LogP contribution in [0, 0.1) is 5.92 Å². The summed E-state index contributed by atoms with van der Waals surface area (Å²) in [6.45, 7) is 1.87. The van der Waals surface area contributed by atoms with Crippen LogP contribution in [-0.2, 0) is 25.1 Å². The molecular weight excluding hydrogens is 220 g/mol. The Morgan fingerprint density at radius 1 is 1.60 bits per heavy atom. The van der Waals surface area contributed by atoms with E-state index in [0.29, 0.717) is 19.3 Å². The van der Waals surface area contributed by atoms with Crippen molar-refractivity contribution >= 4 is 23.6 Å². The lowest BCUT2D eigenvalue weighted by molar-refractivity contribution is -0.108. The predicted molar refractivity (Wildman–Crippen MR) is 55.0 cm³/mol. The molecule has 0 rings (SSSR count). The molecule has 0 aromatic carbocycles. The van der Waals surface area contributed by atoms with Crippen molar-refractivity contribution < 1.29 is 22.5 Å². The zero-order valence-corrected chi connectivity index (χ0v) is 9.24. The van der Waals surface area contributed by atoms with Gasteiger partial charge in [-0.2, -0.15) is 4.21 Å². The molecule has 0 aromatic rings. The summed E-state index contributed by atoms with van der Waals surface area (Å²) in [6.07, 6.45) is 2.65. The molecule has 0 saturated carbocycles. The van der Waals surface area contributed by atoms with Gasteiger partial charge in [0.2, 0.25) is 0 Å². The van der Waals surface area contributed by atoms with Gasteiger partial charge in [-0.3, -0.25) is 8.74 Å². The Bertz CT molecular complexity index is 259. The minimum absolute atomic E-state index is 0.133. The summed E-state index contributed by atoms with van der Waals surface area (Å²) in [5.74, 6) is 1.65. The number of carbonyl (C=O) groups excluding carboxylic acids is 2. The smallest absolute Gasteiger partial charge is 0.302 e. The fourth-order valence-electron chi connectivity index (χ4n) is 1.18. The van der Waals surface area contributed by atoms with Crippen molar-refractivity contribution in [3.63, 3.8) is 0 Å². The second-order valence-corrected chi connectivity index (χ2v) is 3.85. The van der Waals surface area contributed by atoms with Gasteiger partial charge in [0.1, 0.15) is 18.3 Å². The first kappa shape index (κ1) is 14.2. The Morgan fingerprint density at radius 3 is 2.73 bits per heavy atom. The fourth-order valence-corrected chi connectivity index (χ4v) is 1.53. The first-order valence-electron chi connectivity index (χ1n) is 4.52. The molecule has 0 spiro atoms. The summed E-state index contributed by atoms with van der Waals surface area (Å²) < 4.78 is 23.4. The van der Waals surface area contributed by atoms with Crippen LogP contribution in [0.4, 0.5) is 0 Å². The van der Waals surface area contributed by atoms with Gasteiger partial charge in [0.25, 0.3) is 0 Å². The van der Waals surface area contributed by atoms with Crippen LogP contribution in [0.1, 0.15) is 26.2 Å². The van der Waals surface area contributed by atoms with Gasteiger partial charge in [0.15, 0.2) is 0 Å². The van der Waals surface area contributed by atoms with Gasteiger partial charge in [-0.05, 0) is 18.8 Å². The number of carbonyl (C=O) groups is 1. The third kappa shape index (κ3) is 8.20. The van der Waals surface area contributed by atoms with Crippen LogP contribution in [0.2, 0.25) is 0 Å². The Balaban J connectivity index is 4.08. The normalized spacial score (nSPS) is 16.1. The van der Waals surface area contributed by atoms with E-state index in [0.717, 1.165) is 12.4 Å². The first-order chi connectivity index (χ1) is 7.10. The van der Waals surface area contributed by atoms with E-state index in [9.17, 15) is 13.8 Å². The lowest BCUT2D eigenvalue weighted by atomic mass is 9.99. The van der Waals surface area contributed by atoms with Gasteiger partial charge in [-0.15, -0.1) is 0 Å². The molecule has 5 nitrogen and oxygen atoms in total. The maximum atomic E-state index is 10.4. The van der Waals surface area contributed by atoms with E-state index < -0.39 is 17.5 Å². The van der Waals surface area contributed by atoms with E-state index in [1.54, 1.807) is 0 Å². The topological polar surface area (TPSA) is 80.7 Å². The van der Waals surface area contributed by atoms with Crippen molar-refractivity contribution in [3.8, 4) is 0 Å². The third-order valence-electron chi connectivity index (χ3n) is 1.87. The van der Waals surface area contributed by atoms with Gasteiger partial charge in [0, 0.05) is 12.5 Å². The van der Waals surface area contributed by atoms with Crippen molar-refractivity contribution in [2.45, 2.75) is 32.3 Å². The fraction of sp³-hybridized carbons (Fsp3) is 0.667. The largest absolute Gasteiger partial charge is 0.303 e. The standard InChI is InChI=1S/C9H14O5S/c1-8(3-2-5-10)7-9(4-6-11)14-15(12)13/h4-5,8-9H,2-3,7H2,1H3,(H,12,13). The zero-order chi connectivity index (χ0) is 11.7. The molecule has 0 heterocycles. The highest BCUT2D eigenvalue weighted by atomic mass is 32.2. The Morgan fingerprint density at radius 2 is 2.27 bits per heavy atom. The lowest BCUT2D eigenvalue weighted by Gasteiger charge is -2.14. The number of rotatable bonds is 8. The molecule has 0 aliphatic heterocycles. The van der Waals surface area contributed by atoms with E-state index in [2.05, 4.69) is 4.18 Å². The molecule has 3 atom stereocenters. The molecule has 0 aliphatic rings. The van der Waals surface area contributed by atoms with Crippen LogP contribution in [0.3, 0.4) is 0 Å². The number of aldehydes is 1. The third-order valence-corrected chi connectivity index (χ3v) is 2.28. The Kier molecular flexibility index (Phi) is 8.04. The second kappa shape index (κ2) is 8.49. The summed E-state index contributed by atoms with van der Waals surface area (Å²) >= 11 is -2.40. The molecule has 0 aliphatic carbocycles. The SMILES string of the molecule is CC(CCC=O)CC(C=C=O)OS(=O)O. The molecule has 15 heavy (non-hydrogen) atoms. The predicted octanol–water partition coefficient (Wildman–Crippen LogP) is 0.901. The van der Waals surface area contributed by atoms with Crippen LogP contribution < -0.4 is 0 Å². The monoisotopic (exact) mass is 234 g/mol.